The molecule has 0 spiro atoms. The Hall–Kier alpha value is -1.83. The Morgan fingerprint density at radius 1 is 1.25 bits per heavy atom. The monoisotopic (exact) mass is 272 g/mol. The van der Waals surface area contributed by atoms with Crippen LogP contribution in [-0.2, 0) is 16.0 Å². The number of hydrogen-bond acceptors (Lipinski definition) is 2. The van der Waals surface area contributed by atoms with Crippen molar-refractivity contribution in [3.63, 3.8) is 0 Å². The van der Waals surface area contributed by atoms with Gasteiger partial charge in [0.25, 0.3) is 0 Å². The average Bonchev–Trinajstić information content (AvgIpc) is 2.43. The van der Waals surface area contributed by atoms with Gasteiger partial charge in [-0.15, -0.1) is 0 Å². The van der Waals surface area contributed by atoms with E-state index in [4.69, 9.17) is 4.74 Å². The van der Waals surface area contributed by atoms with E-state index in [1.165, 1.54) is 0 Å². The minimum absolute atomic E-state index is 0.203. The highest BCUT2D eigenvalue weighted by atomic mass is 16.5. The first kappa shape index (κ1) is 16.2. The second-order valence-electron chi connectivity index (χ2n) is 5.10. The van der Waals surface area contributed by atoms with Gasteiger partial charge in [0.2, 0.25) is 0 Å². The van der Waals surface area contributed by atoms with Gasteiger partial charge in [-0.05, 0) is 44.2 Å². The van der Waals surface area contributed by atoms with Crippen LogP contribution in [0.3, 0.4) is 0 Å². The van der Waals surface area contributed by atoms with Crippen LogP contribution < -0.4 is 0 Å². The molecule has 0 amide bonds. The van der Waals surface area contributed by atoms with Crippen LogP contribution >= 0.6 is 0 Å². The third-order valence-corrected chi connectivity index (χ3v) is 3.05. The van der Waals surface area contributed by atoms with Gasteiger partial charge >= 0.3 is 5.97 Å². The molecule has 0 heterocycles. The minimum Gasteiger partial charge on any atom is -0.431 e. The maximum atomic E-state index is 11.8. The standard InChI is InChI=1S/C18H24O2/c1-4-5-9-15(2)12-13-16(3)20-18(19)14-17-10-7-6-8-11-17/h4-8,10-11,13,15H,9,12,14H2,1-3H3/b5-4+,16-13+. The van der Waals surface area contributed by atoms with Crippen LogP contribution in [0.15, 0.2) is 54.3 Å². The van der Waals surface area contributed by atoms with E-state index in [9.17, 15) is 4.79 Å². The molecule has 2 heteroatoms. The van der Waals surface area contributed by atoms with Gasteiger partial charge in [0.05, 0.1) is 6.42 Å². The zero-order valence-electron chi connectivity index (χ0n) is 12.6. The maximum absolute atomic E-state index is 11.8. The summed E-state index contributed by atoms with van der Waals surface area (Å²) >= 11 is 0. The van der Waals surface area contributed by atoms with Crippen LogP contribution in [0.4, 0.5) is 0 Å². The molecule has 1 aromatic carbocycles. The zero-order valence-corrected chi connectivity index (χ0v) is 12.6. The summed E-state index contributed by atoms with van der Waals surface area (Å²) in [6.45, 7) is 6.06. The van der Waals surface area contributed by atoms with Gasteiger partial charge in [-0.3, -0.25) is 4.79 Å². The number of esters is 1. The van der Waals surface area contributed by atoms with Crippen molar-refractivity contribution >= 4 is 5.97 Å². The van der Waals surface area contributed by atoms with Gasteiger partial charge in [0.1, 0.15) is 5.76 Å². The number of rotatable bonds is 7. The molecule has 0 saturated carbocycles. The Morgan fingerprint density at radius 2 is 1.95 bits per heavy atom. The van der Waals surface area contributed by atoms with Crippen molar-refractivity contribution < 1.29 is 9.53 Å². The molecule has 0 aliphatic carbocycles. The predicted octanol–water partition coefficient (Wildman–Crippen LogP) is 4.67. The molecule has 0 radical (unpaired) electrons. The summed E-state index contributed by atoms with van der Waals surface area (Å²) in [4.78, 5) is 11.8. The summed E-state index contributed by atoms with van der Waals surface area (Å²) in [5.41, 5.74) is 0.978. The lowest BCUT2D eigenvalue weighted by atomic mass is 10.0. The Balaban J connectivity index is 2.37. The smallest absolute Gasteiger partial charge is 0.315 e. The average molecular weight is 272 g/mol. The lowest BCUT2D eigenvalue weighted by Crippen LogP contribution is -2.06. The quantitative estimate of drug-likeness (QED) is 0.409. The third kappa shape index (κ3) is 6.93. The summed E-state index contributed by atoms with van der Waals surface area (Å²) in [6, 6.07) is 9.65. The van der Waals surface area contributed by atoms with Crippen molar-refractivity contribution in [1.82, 2.24) is 0 Å². The number of ether oxygens (including phenoxy) is 1. The summed E-state index contributed by atoms with van der Waals surface area (Å²) in [7, 11) is 0. The van der Waals surface area contributed by atoms with Crippen molar-refractivity contribution in [2.24, 2.45) is 5.92 Å². The Bertz CT molecular complexity index is 458. The highest BCUT2D eigenvalue weighted by Gasteiger charge is 2.06. The summed E-state index contributed by atoms with van der Waals surface area (Å²) in [6.07, 6.45) is 8.52. The van der Waals surface area contributed by atoms with Gasteiger partial charge in [0, 0.05) is 0 Å². The first-order valence-corrected chi connectivity index (χ1v) is 7.14. The fraction of sp³-hybridized carbons (Fsp3) is 0.389. The Labute approximate surface area is 122 Å². The second-order valence-corrected chi connectivity index (χ2v) is 5.10. The van der Waals surface area contributed by atoms with Crippen molar-refractivity contribution in [3.8, 4) is 0 Å². The SMILES string of the molecule is C/C=C/CC(C)C/C=C(\C)OC(=O)Cc1ccccc1. The Kier molecular flexibility index (Phi) is 7.41. The second kappa shape index (κ2) is 9.13. The van der Waals surface area contributed by atoms with Gasteiger partial charge in [-0.2, -0.15) is 0 Å². The first-order valence-electron chi connectivity index (χ1n) is 7.14. The molecule has 0 aliphatic heterocycles. The number of carbonyl (C=O) groups excluding carboxylic acids is 1. The van der Waals surface area contributed by atoms with E-state index < -0.39 is 0 Å². The van der Waals surface area contributed by atoms with Crippen LogP contribution in [0.5, 0.6) is 0 Å². The largest absolute Gasteiger partial charge is 0.431 e. The van der Waals surface area contributed by atoms with E-state index in [0.29, 0.717) is 18.1 Å². The fourth-order valence-electron chi connectivity index (χ4n) is 1.85. The molecule has 0 N–H and O–H groups in total. The number of carbonyl (C=O) groups is 1. The molecule has 1 rings (SSSR count). The summed E-state index contributed by atoms with van der Waals surface area (Å²) < 4.78 is 5.31. The predicted molar refractivity (Wildman–Crippen MR) is 83.2 cm³/mol. The first-order chi connectivity index (χ1) is 9.61. The van der Waals surface area contributed by atoms with Gasteiger partial charge in [-0.25, -0.2) is 0 Å². The van der Waals surface area contributed by atoms with E-state index in [2.05, 4.69) is 19.1 Å². The molecule has 0 fully saturated rings. The van der Waals surface area contributed by atoms with E-state index >= 15 is 0 Å². The van der Waals surface area contributed by atoms with Gasteiger partial charge in [0.15, 0.2) is 0 Å². The van der Waals surface area contributed by atoms with Crippen LogP contribution in [0.2, 0.25) is 0 Å². The molecule has 0 aliphatic rings. The van der Waals surface area contributed by atoms with Crippen molar-refractivity contribution in [2.75, 3.05) is 0 Å². The molecule has 20 heavy (non-hydrogen) atoms. The van der Waals surface area contributed by atoms with Crippen LogP contribution in [0, 0.1) is 5.92 Å². The number of hydrogen-bond donors (Lipinski definition) is 0. The molecule has 2 nitrogen and oxygen atoms in total. The molecule has 1 aromatic rings. The number of benzene rings is 1. The van der Waals surface area contributed by atoms with Crippen LogP contribution in [0.1, 0.15) is 39.2 Å². The van der Waals surface area contributed by atoms with E-state index in [1.54, 1.807) is 0 Å². The Morgan fingerprint density at radius 3 is 2.60 bits per heavy atom. The molecule has 108 valence electrons. The zero-order chi connectivity index (χ0) is 14.8. The van der Waals surface area contributed by atoms with Crippen molar-refractivity contribution in [1.29, 1.82) is 0 Å². The highest BCUT2D eigenvalue weighted by Crippen LogP contribution is 2.12. The molecule has 1 unspecified atom stereocenters. The molecule has 1 atom stereocenters. The third-order valence-electron chi connectivity index (χ3n) is 3.05. The summed E-state index contributed by atoms with van der Waals surface area (Å²) in [5, 5.41) is 0. The summed E-state index contributed by atoms with van der Waals surface area (Å²) in [5.74, 6) is 1.05. The molecule has 0 aromatic heterocycles. The van der Waals surface area contributed by atoms with Gasteiger partial charge < -0.3 is 4.74 Å². The van der Waals surface area contributed by atoms with Crippen molar-refractivity contribution in [2.45, 2.75) is 40.0 Å². The van der Waals surface area contributed by atoms with Crippen LogP contribution in [-0.4, -0.2) is 5.97 Å². The van der Waals surface area contributed by atoms with Gasteiger partial charge in [-0.1, -0.05) is 49.4 Å². The van der Waals surface area contributed by atoms with Crippen LogP contribution in [0.25, 0.3) is 0 Å². The topological polar surface area (TPSA) is 26.3 Å². The lowest BCUT2D eigenvalue weighted by molar-refractivity contribution is -0.138. The number of allylic oxidation sites excluding steroid dienone is 4. The highest BCUT2D eigenvalue weighted by molar-refractivity contribution is 5.73. The lowest BCUT2D eigenvalue weighted by Gasteiger charge is -2.07. The minimum atomic E-state index is -0.203. The van der Waals surface area contributed by atoms with Crippen molar-refractivity contribution in [3.05, 3.63) is 59.9 Å². The maximum Gasteiger partial charge on any atom is 0.315 e. The molecular weight excluding hydrogens is 248 g/mol. The molecule has 0 saturated heterocycles. The van der Waals surface area contributed by atoms with E-state index in [-0.39, 0.29) is 5.97 Å². The van der Waals surface area contributed by atoms with E-state index in [1.807, 2.05) is 50.3 Å². The molecule has 0 bridgehead atoms. The molecular formula is C18H24O2. The normalized spacial score (nSPS) is 13.4. The van der Waals surface area contributed by atoms with E-state index in [0.717, 1.165) is 18.4 Å². The fourth-order valence-corrected chi connectivity index (χ4v) is 1.85.